The molecule has 1 heterocycles. The van der Waals surface area contributed by atoms with Crippen LogP contribution in [-0.4, -0.2) is 0 Å². The minimum Gasteiger partial charge on any atom is -0.143 e. The predicted octanol–water partition coefficient (Wildman–Crippen LogP) is 3.48. The molecule has 0 aliphatic rings. The van der Waals surface area contributed by atoms with Crippen molar-refractivity contribution < 1.29 is 0 Å². The maximum Gasteiger partial charge on any atom is 0.0397 e. The number of hydrogen-bond acceptors (Lipinski definition) is 1. The minimum atomic E-state index is 0.932. The van der Waals surface area contributed by atoms with Crippen molar-refractivity contribution in [2.45, 2.75) is 13.8 Å². The first-order chi connectivity index (χ1) is 8.20. The average molecular weight is 234 g/mol. The second-order valence-electron chi connectivity index (χ2n) is 3.70. The van der Waals surface area contributed by atoms with Crippen molar-refractivity contribution in [2.75, 3.05) is 0 Å². The van der Waals surface area contributed by atoms with Gasteiger partial charge in [-0.15, -0.1) is 24.2 Å². The van der Waals surface area contributed by atoms with Crippen LogP contribution in [0.25, 0.3) is 10.1 Å². The molecule has 0 amide bonds. The zero-order chi connectivity index (χ0) is 12.4. The molecular formula is C16H10S. The topological polar surface area (TPSA) is 0 Å². The Labute approximate surface area is 106 Å². The van der Waals surface area contributed by atoms with Crippen LogP contribution in [-0.2, 0) is 0 Å². The van der Waals surface area contributed by atoms with Crippen molar-refractivity contribution in [1.29, 1.82) is 0 Å². The summed E-state index contributed by atoms with van der Waals surface area (Å²) in [6, 6.07) is 2.07. The highest BCUT2D eigenvalue weighted by molar-refractivity contribution is 7.17. The fraction of sp³-hybridized carbons (Fsp3) is 0.125. The van der Waals surface area contributed by atoms with Crippen molar-refractivity contribution in [3.63, 3.8) is 0 Å². The second kappa shape index (κ2) is 4.39. The normalized spacial score (nSPS) is 9.18. The summed E-state index contributed by atoms with van der Waals surface area (Å²) in [4.78, 5) is 0. The van der Waals surface area contributed by atoms with Crippen molar-refractivity contribution >= 4 is 21.4 Å². The Hall–Kier alpha value is -2.14. The largest absolute Gasteiger partial charge is 0.143 e. The molecule has 2 rings (SSSR count). The van der Waals surface area contributed by atoms with Crippen LogP contribution in [0, 0.1) is 50.4 Å². The van der Waals surface area contributed by atoms with Crippen LogP contribution in [0.2, 0.25) is 0 Å². The lowest BCUT2D eigenvalue weighted by Gasteiger charge is -2.08. The van der Waals surface area contributed by atoms with E-state index in [4.69, 9.17) is 12.8 Å². The number of terminal acetylenes is 2. The van der Waals surface area contributed by atoms with Crippen LogP contribution in [0.3, 0.4) is 0 Å². The molecule has 0 aliphatic heterocycles. The molecule has 1 aromatic heterocycles. The molecule has 0 bridgehead atoms. The summed E-state index contributed by atoms with van der Waals surface area (Å²) in [5.41, 5.74) is 4.08. The first-order valence-electron chi connectivity index (χ1n) is 5.14. The number of benzene rings is 1. The van der Waals surface area contributed by atoms with Crippen LogP contribution in [0.4, 0.5) is 0 Å². The SMILES string of the molecule is C#CC#Cc1c(C)c(C#C)c(C)c2sccc12. The Balaban J connectivity index is 2.97. The Morgan fingerprint density at radius 3 is 2.53 bits per heavy atom. The lowest BCUT2D eigenvalue weighted by Crippen LogP contribution is -1.93. The fourth-order valence-electron chi connectivity index (χ4n) is 1.99. The summed E-state index contributed by atoms with van der Waals surface area (Å²) in [6.07, 6.45) is 10.8. The molecule has 0 saturated carbocycles. The zero-order valence-electron chi connectivity index (χ0n) is 9.72. The Kier molecular flexibility index (Phi) is 2.93. The maximum atomic E-state index is 5.57. The van der Waals surface area contributed by atoms with Gasteiger partial charge in [0.25, 0.3) is 0 Å². The maximum absolute atomic E-state index is 5.57. The van der Waals surface area contributed by atoms with Gasteiger partial charge in [-0.3, -0.25) is 0 Å². The van der Waals surface area contributed by atoms with Crippen LogP contribution in [0.5, 0.6) is 0 Å². The molecule has 0 atom stereocenters. The molecule has 0 aliphatic carbocycles. The predicted molar refractivity (Wildman–Crippen MR) is 74.9 cm³/mol. The van der Waals surface area contributed by atoms with Crippen molar-refractivity contribution in [3.05, 3.63) is 33.7 Å². The monoisotopic (exact) mass is 234 g/mol. The van der Waals surface area contributed by atoms with Gasteiger partial charge in [0.15, 0.2) is 0 Å². The van der Waals surface area contributed by atoms with Crippen LogP contribution in [0.1, 0.15) is 22.3 Å². The van der Waals surface area contributed by atoms with E-state index < -0.39 is 0 Å². The molecule has 0 N–H and O–H groups in total. The summed E-state index contributed by atoms with van der Waals surface area (Å²) in [5.74, 6) is 10.8. The van der Waals surface area contributed by atoms with E-state index in [9.17, 15) is 0 Å². The van der Waals surface area contributed by atoms with E-state index in [0.717, 1.165) is 27.6 Å². The number of fused-ring (bicyclic) bond motifs is 1. The molecule has 0 nitrogen and oxygen atoms in total. The van der Waals surface area contributed by atoms with Crippen molar-refractivity contribution in [2.24, 2.45) is 0 Å². The molecular weight excluding hydrogens is 224 g/mol. The molecule has 1 aromatic carbocycles. The van der Waals surface area contributed by atoms with Gasteiger partial charge in [0.05, 0.1) is 0 Å². The standard InChI is InChI=1S/C16H10S/c1-5-7-8-14-11(3)13(6-2)12(4)16-15(14)9-10-17-16/h1-2,9-10H,3-4H3. The first kappa shape index (κ1) is 11.3. The van der Waals surface area contributed by atoms with E-state index in [0.29, 0.717) is 0 Å². The number of aryl methyl sites for hydroxylation is 1. The fourth-order valence-corrected chi connectivity index (χ4v) is 2.91. The molecule has 0 unspecified atom stereocenters. The van der Waals surface area contributed by atoms with Gasteiger partial charge in [0.2, 0.25) is 0 Å². The van der Waals surface area contributed by atoms with E-state index >= 15 is 0 Å². The van der Waals surface area contributed by atoms with Gasteiger partial charge in [0.1, 0.15) is 0 Å². The average Bonchev–Trinajstić information content (AvgIpc) is 2.79. The van der Waals surface area contributed by atoms with Crippen molar-refractivity contribution in [3.8, 4) is 36.5 Å². The van der Waals surface area contributed by atoms with E-state index in [-0.39, 0.29) is 0 Å². The van der Waals surface area contributed by atoms with Gasteiger partial charge in [0, 0.05) is 21.2 Å². The van der Waals surface area contributed by atoms with E-state index in [2.05, 4.69) is 42.1 Å². The van der Waals surface area contributed by atoms with Crippen LogP contribution < -0.4 is 0 Å². The number of rotatable bonds is 0. The second-order valence-corrected chi connectivity index (χ2v) is 4.62. The first-order valence-corrected chi connectivity index (χ1v) is 6.02. The molecule has 0 radical (unpaired) electrons. The highest BCUT2D eigenvalue weighted by atomic mass is 32.1. The number of thiophene rings is 1. The lowest BCUT2D eigenvalue weighted by molar-refractivity contribution is 1.38. The van der Waals surface area contributed by atoms with Gasteiger partial charge < -0.3 is 0 Å². The van der Waals surface area contributed by atoms with Gasteiger partial charge in [-0.25, -0.2) is 0 Å². The van der Waals surface area contributed by atoms with Gasteiger partial charge in [-0.2, -0.15) is 0 Å². The Bertz CT molecular complexity index is 734. The summed E-state index contributed by atoms with van der Waals surface area (Å²) in [7, 11) is 0. The van der Waals surface area contributed by atoms with Crippen LogP contribution >= 0.6 is 11.3 Å². The van der Waals surface area contributed by atoms with Gasteiger partial charge >= 0.3 is 0 Å². The Morgan fingerprint density at radius 1 is 1.12 bits per heavy atom. The van der Waals surface area contributed by atoms with Crippen molar-refractivity contribution in [1.82, 2.24) is 0 Å². The molecule has 0 saturated heterocycles. The summed E-state index contributed by atoms with van der Waals surface area (Å²) in [5, 5.41) is 3.20. The van der Waals surface area contributed by atoms with Gasteiger partial charge in [-0.1, -0.05) is 11.8 Å². The number of hydrogen-bond donors (Lipinski definition) is 0. The molecule has 0 fully saturated rings. The third-order valence-corrected chi connectivity index (χ3v) is 3.84. The van der Waals surface area contributed by atoms with E-state index in [1.165, 1.54) is 4.70 Å². The third-order valence-electron chi connectivity index (χ3n) is 2.80. The molecule has 0 spiro atoms. The molecule has 1 heteroatoms. The minimum absolute atomic E-state index is 0.932. The molecule has 80 valence electrons. The third kappa shape index (κ3) is 1.70. The van der Waals surface area contributed by atoms with E-state index in [1.807, 2.05) is 6.92 Å². The molecule has 17 heavy (non-hydrogen) atoms. The molecule has 2 aromatic rings. The Morgan fingerprint density at radius 2 is 1.88 bits per heavy atom. The summed E-state index contributed by atoms with van der Waals surface area (Å²) >= 11 is 1.68. The smallest absolute Gasteiger partial charge is 0.0397 e. The van der Waals surface area contributed by atoms with Gasteiger partial charge in [-0.05, 0) is 48.3 Å². The quantitative estimate of drug-likeness (QED) is 0.612. The summed E-state index contributed by atoms with van der Waals surface area (Å²) in [6.45, 7) is 4.05. The highest BCUT2D eigenvalue weighted by Gasteiger charge is 2.12. The zero-order valence-corrected chi connectivity index (χ0v) is 10.5. The van der Waals surface area contributed by atoms with E-state index in [1.54, 1.807) is 11.3 Å². The highest BCUT2D eigenvalue weighted by Crippen LogP contribution is 2.32. The lowest BCUT2D eigenvalue weighted by atomic mass is 9.95. The summed E-state index contributed by atoms with van der Waals surface area (Å²) < 4.78 is 1.20. The van der Waals surface area contributed by atoms with Crippen LogP contribution in [0.15, 0.2) is 11.4 Å².